The Morgan fingerprint density at radius 2 is 1.88 bits per heavy atom. The van der Waals surface area contributed by atoms with Crippen molar-refractivity contribution in [1.82, 2.24) is 5.06 Å². The van der Waals surface area contributed by atoms with Crippen molar-refractivity contribution in [2.24, 2.45) is 0 Å². The minimum Gasteiger partial charge on any atom is -0.278 e. The van der Waals surface area contributed by atoms with Crippen LogP contribution in [0, 0.1) is 10.1 Å². The lowest BCUT2D eigenvalue weighted by Gasteiger charge is -2.07. The number of carbonyl (C=O) groups is 2. The monoisotopic (exact) mass is 236 g/mol. The number of amides is 2. The largest absolute Gasteiger partial charge is 0.278 e. The summed E-state index contributed by atoms with van der Waals surface area (Å²) in [6.45, 7) is 0. The van der Waals surface area contributed by atoms with Gasteiger partial charge in [0.05, 0.1) is 10.8 Å². The fourth-order valence-electron chi connectivity index (χ4n) is 1.71. The molecule has 1 unspecified atom stereocenters. The summed E-state index contributed by atoms with van der Waals surface area (Å²) in [7, 11) is 0. The van der Waals surface area contributed by atoms with Crippen LogP contribution in [0.5, 0.6) is 0 Å². The van der Waals surface area contributed by atoms with Gasteiger partial charge in [-0.15, -0.1) is 0 Å². The van der Waals surface area contributed by atoms with Crippen molar-refractivity contribution in [2.45, 2.75) is 12.3 Å². The maximum absolute atomic E-state index is 11.5. The number of nitro benzene ring substituents is 1. The Bertz CT molecular complexity index is 496. The lowest BCUT2D eigenvalue weighted by atomic mass is 9.97. The van der Waals surface area contributed by atoms with E-state index in [0.29, 0.717) is 5.56 Å². The van der Waals surface area contributed by atoms with Crippen LogP contribution in [0.1, 0.15) is 17.9 Å². The van der Waals surface area contributed by atoms with Crippen molar-refractivity contribution < 1.29 is 19.7 Å². The first-order valence-electron chi connectivity index (χ1n) is 4.80. The van der Waals surface area contributed by atoms with Gasteiger partial charge in [0.15, 0.2) is 0 Å². The maximum Gasteiger partial charge on any atom is 0.269 e. The highest BCUT2D eigenvalue weighted by Crippen LogP contribution is 2.29. The highest BCUT2D eigenvalue weighted by atomic mass is 16.6. The van der Waals surface area contributed by atoms with Crippen LogP contribution in [0.2, 0.25) is 0 Å². The normalized spacial score (nSPS) is 19.8. The topological polar surface area (TPSA) is 101 Å². The van der Waals surface area contributed by atoms with E-state index in [-0.39, 0.29) is 17.2 Å². The highest BCUT2D eigenvalue weighted by Gasteiger charge is 2.39. The molecule has 1 aromatic rings. The molecule has 1 fully saturated rings. The predicted molar refractivity (Wildman–Crippen MR) is 54.1 cm³/mol. The van der Waals surface area contributed by atoms with Gasteiger partial charge in [0.25, 0.3) is 17.5 Å². The molecule has 1 aromatic carbocycles. The molecular formula is C10H8N2O5. The van der Waals surface area contributed by atoms with Crippen LogP contribution in [-0.4, -0.2) is 27.0 Å². The zero-order valence-electron chi connectivity index (χ0n) is 8.57. The molecule has 0 spiro atoms. The summed E-state index contributed by atoms with van der Waals surface area (Å²) >= 11 is 0. The molecule has 0 aromatic heterocycles. The molecule has 1 saturated heterocycles. The SMILES string of the molecule is O=C1CC(c2ccc([N+](=O)[O-])cc2)C(=O)N1O. The molecule has 1 heterocycles. The Hall–Kier alpha value is -2.28. The van der Waals surface area contributed by atoms with Crippen molar-refractivity contribution in [1.29, 1.82) is 0 Å². The molecule has 2 rings (SSSR count). The standard InChI is InChI=1S/C10H8N2O5/c13-9-5-8(10(14)11(9)15)6-1-3-7(4-2-6)12(16)17/h1-4,8,15H,5H2. The minimum absolute atomic E-state index is 0.0894. The average molecular weight is 236 g/mol. The van der Waals surface area contributed by atoms with Gasteiger partial charge in [-0.25, -0.2) is 0 Å². The summed E-state index contributed by atoms with van der Waals surface area (Å²) in [6.07, 6.45) is -0.118. The number of hydroxylamine groups is 2. The van der Waals surface area contributed by atoms with Gasteiger partial charge in [-0.05, 0) is 5.56 Å². The van der Waals surface area contributed by atoms with Gasteiger partial charge >= 0.3 is 0 Å². The van der Waals surface area contributed by atoms with Crippen LogP contribution in [0.3, 0.4) is 0 Å². The van der Waals surface area contributed by atoms with E-state index in [9.17, 15) is 19.7 Å². The third-order valence-electron chi connectivity index (χ3n) is 2.63. The van der Waals surface area contributed by atoms with Crippen molar-refractivity contribution in [3.63, 3.8) is 0 Å². The van der Waals surface area contributed by atoms with Crippen LogP contribution in [0.15, 0.2) is 24.3 Å². The second-order valence-electron chi connectivity index (χ2n) is 3.65. The van der Waals surface area contributed by atoms with E-state index >= 15 is 0 Å². The molecular weight excluding hydrogens is 228 g/mol. The van der Waals surface area contributed by atoms with E-state index < -0.39 is 22.7 Å². The second-order valence-corrected chi connectivity index (χ2v) is 3.65. The van der Waals surface area contributed by atoms with Gasteiger partial charge in [0.1, 0.15) is 0 Å². The molecule has 88 valence electrons. The number of hydrogen-bond acceptors (Lipinski definition) is 5. The first kappa shape index (κ1) is 11.2. The summed E-state index contributed by atoms with van der Waals surface area (Å²) in [5.41, 5.74) is 0.386. The third kappa shape index (κ3) is 1.87. The van der Waals surface area contributed by atoms with Gasteiger partial charge in [-0.1, -0.05) is 12.1 Å². The number of rotatable bonds is 2. The predicted octanol–water partition coefficient (Wildman–Crippen LogP) is 0.826. The van der Waals surface area contributed by atoms with E-state index in [1.807, 2.05) is 0 Å². The maximum atomic E-state index is 11.5. The fourth-order valence-corrected chi connectivity index (χ4v) is 1.71. The van der Waals surface area contributed by atoms with Crippen LogP contribution in [0.25, 0.3) is 0 Å². The smallest absolute Gasteiger partial charge is 0.269 e. The van der Waals surface area contributed by atoms with E-state index in [0.717, 1.165) is 0 Å². The quantitative estimate of drug-likeness (QED) is 0.354. The number of benzene rings is 1. The molecule has 0 radical (unpaired) electrons. The Morgan fingerprint density at radius 3 is 2.29 bits per heavy atom. The van der Waals surface area contributed by atoms with Crippen LogP contribution >= 0.6 is 0 Å². The summed E-state index contributed by atoms with van der Waals surface area (Å²) in [5, 5.41) is 19.6. The van der Waals surface area contributed by atoms with Gasteiger partial charge in [-0.2, -0.15) is 5.06 Å². The van der Waals surface area contributed by atoms with Gasteiger partial charge in [0, 0.05) is 18.6 Å². The molecule has 17 heavy (non-hydrogen) atoms. The van der Waals surface area contributed by atoms with E-state index in [4.69, 9.17) is 5.21 Å². The molecule has 1 N–H and O–H groups in total. The van der Waals surface area contributed by atoms with Gasteiger partial charge in [0.2, 0.25) is 0 Å². The van der Waals surface area contributed by atoms with E-state index in [1.54, 1.807) is 0 Å². The van der Waals surface area contributed by atoms with Crippen LogP contribution < -0.4 is 0 Å². The Labute approximate surface area is 95.4 Å². The van der Waals surface area contributed by atoms with Crippen molar-refractivity contribution in [3.8, 4) is 0 Å². The van der Waals surface area contributed by atoms with Crippen LogP contribution in [-0.2, 0) is 9.59 Å². The van der Waals surface area contributed by atoms with Crippen molar-refractivity contribution >= 4 is 17.5 Å². The zero-order chi connectivity index (χ0) is 12.6. The fraction of sp³-hybridized carbons (Fsp3) is 0.200. The number of non-ortho nitro benzene ring substituents is 1. The second kappa shape index (κ2) is 3.95. The number of imide groups is 1. The Morgan fingerprint density at radius 1 is 1.29 bits per heavy atom. The summed E-state index contributed by atoms with van der Waals surface area (Å²) in [5.74, 6) is -2.13. The zero-order valence-corrected chi connectivity index (χ0v) is 8.57. The number of nitrogens with zero attached hydrogens (tertiary/aromatic N) is 2. The molecule has 0 aliphatic carbocycles. The van der Waals surface area contributed by atoms with Gasteiger partial charge in [-0.3, -0.25) is 24.9 Å². The molecule has 0 bridgehead atoms. The molecule has 0 saturated carbocycles. The van der Waals surface area contributed by atoms with E-state index in [1.165, 1.54) is 24.3 Å². The first-order valence-corrected chi connectivity index (χ1v) is 4.80. The van der Waals surface area contributed by atoms with Crippen molar-refractivity contribution in [2.75, 3.05) is 0 Å². The lowest BCUT2D eigenvalue weighted by Crippen LogP contribution is -2.26. The highest BCUT2D eigenvalue weighted by molar-refractivity contribution is 6.04. The molecule has 2 amide bonds. The average Bonchev–Trinajstić information content (AvgIpc) is 2.57. The Kier molecular flexibility index (Phi) is 2.60. The summed E-state index contributed by atoms with van der Waals surface area (Å²) < 4.78 is 0. The molecule has 7 heteroatoms. The minimum atomic E-state index is -0.756. The number of nitro groups is 1. The van der Waals surface area contributed by atoms with Gasteiger partial charge < -0.3 is 0 Å². The number of hydrogen-bond donors (Lipinski definition) is 1. The third-order valence-corrected chi connectivity index (χ3v) is 2.63. The lowest BCUT2D eigenvalue weighted by molar-refractivity contribution is -0.384. The first-order chi connectivity index (χ1) is 8.00. The number of carbonyl (C=O) groups excluding carboxylic acids is 2. The van der Waals surface area contributed by atoms with Crippen LogP contribution in [0.4, 0.5) is 5.69 Å². The molecule has 1 atom stereocenters. The Balaban J connectivity index is 2.27. The summed E-state index contributed by atoms with van der Waals surface area (Å²) in [6, 6.07) is 5.33. The molecule has 1 aliphatic rings. The van der Waals surface area contributed by atoms with E-state index in [2.05, 4.69) is 0 Å². The molecule has 1 aliphatic heterocycles. The molecule has 7 nitrogen and oxygen atoms in total. The summed E-state index contributed by atoms with van der Waals surface area (Å²) in [4.78, 5) is 32.4. The van der Waals surface area contributed by atoms with Crippen molar-refractivity contribution in [3.05, 3.63) is 39.9 Å².